The van der Waals surface area contributed by atoms with Crippen molar-refractivity contribution in [1.82, 2.24) is 0 Å². The van der Waals surface area contributed by atoms with Gasteiger partial charge in [0.25, 0.3) is 5.69 Å². The van der Waals surface area contributed by atoms with Crippen molar-refractivity contribution in [3.8, 4) is 0 Å². The van der Waals surface area contributed by atoms with Crippen LogP contribution in [-0.4, -0.2) is 16.6 Å². The fourth-order valence-corrected chi connectivity index (χ4v) is 4.56. The first-order valence-corrected chi connectivity index (χ1v) is 10.4. The van der Waals surface area contributed by atoms with Crippen LogP contribution in [0.1, 0.15) is 51.6 Å². The van der Waals surface area contributed by atoms with Crippen LogP contribution < -0.4 is 10.2 Å². The van der Waals surface area contributed by atoms with E-state index in [2.05, 4.69) is 5.32 Å². The van der Waals surface area contributed by atoms with Crippen LogP contribution in [0, 0.1) is 15.5 Å². The molecule has 1 heterocycles. The molecule has 31 heavy (non-hydrogen) atoms. The molecule has 2 aromatic rings. The molecule has 2 aliphatic rings. The van der Waals surface area contributed by atoms with Crippen molar-refractivity contribution in [3.05, 3.63) is 75.5 Å². The summed E-state index contributed by atoms with van der Waals surface area (Å²) in [6.07, 6.45) is 1.23. The number of rotatable bonds is 3. The summed E-state index contributed by atoms with van der Waals surface area (Å²) in [5, 5.41) is 14.9. The molecule has 1 aliphatic heterocycles. The standard InChI is InChI=1S/C24H25N3O4/c1-4-21(29)26-19-11-6-5-10-17(19)25-18-13-24(2,3)14-20(28)22(18)23(26)15-8-7-9-16(12-15)27(30)31/h5-12,23,25H,4,13-14H2,1-3H3. The van der Waals surface area contributed by atoms with Crippen molar-refractivity contribution in [2.45, 2.75) is 46.1 Å². The molecule has 0 spiro atoms. The molecule has 4 rings (SSSR count). The van der Waals surface area contributed by atoms with Gasteiger partial charge in [-0.1, -0.05) is 45.0 Å². The van der Waals surface area contributed by atoms with Gasteiger partial charge in [-0.25, -0.2) is 0 Å². The quantitative estimate of drug-likeness (QED) is 0.549. The Balaban J connectivity index is 2.02. The largest absolute Gasteiger partial charge is 0.357 e. The van der Waals surface area contributed by atoms with Gasteiger partial charge in [0.1, 0.15) is 0 Å². The number of fused-ring (bicyclic) bond motifs is 1. The zero-order valence-electron chi connectivity index (χ0n) is 17.8. The molecule has 0 bridgehead atoms. The lowest BCUT2D eigenvalue weighted by atomic mass is 9.73. The number of nitrogens with one attached hydrogen (secondary N) is 1. The van der Waals surface area contributed by atoms with Gasteiger partial charge >= 0.3 is 0 Å². The summed E-state index contributed by atoms with van der Waals surface area (Å²) in [6, 6.07) is 12.9. The highest BCUT2D eigenvalue weighted by Gasteiger charge is 2.43. The number of non-ortho nitro benzene ring substituents is 1. The number of anilines is 2. The van der Waals surface area contributed by atoms with Gasteiger partial charge in [0.2, 0.25) is 5.91 Å². The van der Waals surface area contributed by atoms with Crippen LogP contribution in [0.25, 0.3) is 0 Å². The van der Waals surface area contributed by atoms with Crippen LogP contribution in [0.4, 0.5) is 17.1 Å². The zero-order valence-corrected chi connectivity index (χ0v) is 17.8. The molecule has 0 aromatic heterocycles. The van der Waals surface area contributed by atoms with Crippen molar-refractivity contribution in [2.24, 2.45) is 5.41 Å². The molecule has 7 heteroatoms. The van der Waals surface area contributed by atoms with E-state index in [-0.39, 0.29) is 29.2 Å². The van der Waals surface area contributed by atoms with Crippen LogP contribution in [0.2, 0.25) is 0 Å². The third kappa shape index (κ3) is 3.71. The van der Waals surface area contributed by atoms with Crippen LogP contribution in [-0.2, 0) is 9.59 Å². The number of amides is 1. The second-order valence-corrected chi connectivity index (χ2v) is 8.85. The molecule has 1 atom stereocenters. The number of allylic oxidation sites excluding steroid dienone is 1. The number of nitro benzene ring substituents is 1. The molecule has 2 aromatic carbocycles. The van der Waals surface area contributed by atoms with Gasteiger partial charge < -0.3 is 5.32 Å². The van der Waals surface area contributed by atoms with Gasteiger partial charge in [-0.3, -0.25) is 24.6 Å². The summed E-state index contributed by atoms with van der Waals surface area (Å²) >= 11 is 0. The van der Waals surface area contributed by atoms with E-state index in [0.717, 1.165) is 11.4 Å². The maximum atomic E-state index is 13.4. The molecule has 160 valence electrons. The minimum absolute atomic E-state index is 0.0445. The Kier molecular flexibility index (Phi) is 5.13. The summed E-state index contributed by atoms with van der Waals surface area (Å²) in [4.78, 5) is 39.3. The number of benzene rings is 2. The molecule has 1 unspecified atom stereocenters. The highest BCUT2D eigenvalue weighted by Crippen LogP contribution is 2.48. The second kappa shape index (κ2) is 7.65. The third-order valence-corrected chi connectivity index (χ3v) is 5.87. The second-order valence-electron chi connectivity index (χ2n) is 8.85. The van der Waals surface area contributed by atoms with Crippen LogP contribution in [0.3, 0.4) is 0 Å². The summed E-state index contributed by atoms with van der Waals surface area (Å²) in [7, 11) is 0. The smallest absolute Gasteiger partial charge is 0.269 e. The molecule has 0 fully saturated rings. The number of carbonyl (C=O) groups excluding carboxylic acids is 2. The van der Waals surface area contributed by atoms with Crippen molar-refractivity contribution in [3.63, 3.8) is 0 Å². The first kappa shape index (κ1) is 20.8. The maximum absolute atomic E-state index is 13.4. The van der Waals surface area contributed by atoms with E-state index in [0.29, 0.717) is 29.7 Å². The number of para-hydroxylation sites is 2. The molecule has 1 aliphatic carbocycles. The Bertz CT molecular complexity index is 1120. The molecular weight excluding hydrogens is 394 g/mol. The van der Waals surface area contributed by atoms with Gasteiger partial charge in [-0.15, -0.1) is 0 Å². The number of nitro groups is 1. The van der Waals surface area contributed by atoms with E-state index >= 15 is 0 Å². The fourth-order valence-electron chi connectivity index (χ4n) is 4.56. The molecule has 0 saturated carbocycles. The summed E-state index contributed by atoms with van der Waals surface area (Å²) in [5.74, 6) is -0.200. The first-order valence-electron chi connectivity index (χ1n) is 10.4. The van der Waals surface area contributed by atoms with E-state index in [1.807, 2.05) is 38.1 Å². The lowest BCUT2D eigenvalue weighted by Gasteiger charge is -2.37. The van der Waals surface area contributed by atoms with E-state index in [4.69, 9.17) is 0 Å². The number of nitrogens with zero attached hydrogens (tertiary/aromatic N) is 2. The first-order chi connectivity index (χ1) is 14.7. The Morgan fingerprint density at radius 3 is 2.65 bits per heavy atom. The topological polar surface area (TPSA) is 92.6 Å². The molecule has 0 radical (unpaired) electrons. The van der Waals surface area contributed by atoms with E-state index in [1.165, 1.54) is 12.1 Å². The number of Topliss-reactive ketones (excluding diaryl/α,β-unsaturated/α-hetero) is 1. The van der Waals surface area contributed by atoms with Crippen molar-refractivity contribution < 1.29 is 14.5 Å². The zero-order chi connectivity index (χ0) is 22.3. The maximum Gasteiger partial charge on any atom is 0.269 e. The highest BCUT2D eigenvalue weighted by molar-refractivity contribution is 6.06. The normalized spacial score (nSPS) is 19.8. The number of hydrogen-bond donors (Lipinski definition) is 1. The molecule has 1 amide bonds. The Hall–Kier alpha value is -3.48. The minimum atomic E-state index is -0.734. The number of hydrogen-bond acceptors (Lipinski definition) is 5. The van der Waals surface area contributed by atoms with Crippen molar-refractivity contribution in [1.29, 1.82) is 0 Å². The monoisotopic (exact) mass is 419 g/mol. The minimum Gasteiger partial charge on any atom is -0.357 e. The van der Waals surface area contributed by atoms with Crippen molar-refractivity contribution in [2.75, 3.05) is 10.2 Å². The van der Waals surface area contributed by atoms with Gasteiger partial charge in [-0.05, 0) is 29.5 Å². The summed E-state index contributed by atoms with van der Waals surface area (Å²) < 4.78 is 0. The Labute approximate surface area is 180 Å². The Morgan fingerprint density at radius 1 is 1.19 bits per heavy atom. The van der Waals surface area contributed by atoms with Gasteiger partial charge in [0, 0.05) is 36.2 Å². The SMILES string of the molecule is CCC(=O)N1c2ccccc2NC2=C(C(=O)CC(C)(C)C2)C1c1cccc([N+](=O)[O-])c1. The molecular formula is C24H25N3O4. The predicted molar refractivity (Wildman–Crippen MR) is 119 cm³/mol. The predicted octanol–water partition coefficient (Wildman–Crippen LogP) is 5.15. The van der Waals surface area contributed by atoms with Gasteiger partial charge in [0.05, 0.1) is 22.3 Å². The van der Waals surface area contributed by atoms with E-state index in [1.54, 1.807) is 24.0 Å². The number of carbonyl (C=O) groups is 2. The van der Waals surface area contributed by atoms with Crippen molar-refractivity contribution >= 4 is 28.8 Å². The summed E-state index contributed by atoms with van der Waals surface area (Å²) in [6.45, 7) is 5.86. The van der Waals surface area contributed by atoms with Gasteiger partial charge in [0.15, 0.2) is 5.78 Å². The highest BCUT2D eigenvalue weighted by atomic mass is 16.6. The van der Waals surface area contributed by atoms with Crippen LogP contribution >= 0.6 is 0 Å². The van der Waals surface area contributed by atoms with Crippen LogP contribution in [0.15, 0.2) is 59.8 Å². The van der Waals surface area contributed by atoms with E-state index < -0.39 is 11.0 Å². The van der Waals surface area contributed by atoms with Gasteiger partial charge in [-0.2, -0.15) is 0 Å². The average molecular weight is 419 g/mol. The third-order valence-electron chi connectivity index (χ3n) is 5.87. The van der Waals surface area contributed by atoms with Crippen LogP contribution in [0.5, 0.6) is 0 Å². The van der Waals surface area contributed by atoms with E-state index in [9.17, 15) is 19.7 Å². The summed E-state index contributed by atoms with van der Waals surface area (Å²) in [5.41, 5.74) is 2.94. The molecule has 0 saturated heterocycles. The molecule has 1 N–H and O–H groups in total. The lowest BCUT2D eigenvalue weighted by Crippen LogP contribution is -2.39. The fraction of sp³-hybridized carbons (Fsp3) is 0.333. The average Bonchev–Trinajstić information content (AvgIpc) is 2.86. The Morgan fingerprint density at radius 2 is 1.94 bits per heavy atom. The molecule has 7 nitrogen and oxygen atoms in total. The lowest BCUT2D eigenvalue weighted by molar-refractivity contribution is -0.384. The number of ketones is 1.